The molecule has 0 saturated heterocycles. The van der Waals surface area contributed by atoms with Crippen molar-refractivity contribution in [1.29, 1.82) is 0 Å². The van der Waals surface area contributed by atoms with Crippen molar-refractivity contribution in [3.05, 3.63) is 0 Å². The molecule has 0 spiro atoms. The minimum Gasteiger partial charge on any atom is -0.368 e. The summed E-state index contributed by atoms with van der Waals surface area (Å²) >= 11 is 0. The maximum Gasteiger partial charge on any atom is 0.237 e. The summed E-state index contributed by atoms with van der Waals surface area (Å²) in [6.45, 7) is 7.39. The van der Waals surface area contributed by atoms with Gasteiger partial charge < -0.3 is 11.1 Å². The highest BCUT2D eigenvalue weighted by Crippen LogP contribution is 1.96. The van der Waals surface area contributed by atoms with Gasteiger partial charge in [0.25, 0.3) is 0 Å². The molecule has 94 valence electrons. The zero-order valence-corrected chi connectivity index (χ0v) is 10.5. The van der Waals surface area contributed by atoms with E-state index in [1.165, 1.54) is 0 Å². The van der Waals surface area contributed by atoms with Crippen LogP contribution in [-0.2, 0) is 9.59 Å². The summed E-state index contributed by atoms with van der Waals surface area (Å²) in [6.07, 6.45) is 1.98. The number of hydrogen-bond donors (Lipinski definition) is 3. The summed E-state index contributed by atoms with van der Waals surface area (Å²) in [7, 11) is 0. The summed E-state index contributed by atoms with van der Waals surface area (Å²) in [5.41, 5.74) is 5.10. The van der Waals surface area contributed by atoms with Gasteiger partial charge >= 0.3 is 0 Å². The van der Waals surface area contributed by atoms with E-state index in [-0.39, 0.29) is 11.9 Å². The molecular formula is C11H23N3O2. The largest absolute Gasteiger partial charge is 0.368 e. The Morgan fingerprint density at radius 1 is 1.19 bits per heavy atom. The van der Waals surface area contributed by atoms with E-state index in [2.05, 4.69) is 17.6 Å². The molecule has 0 fully saturated rings. The van der Waals surface area contributed by atoms with Crippen LogP contribution in [0.3, 0.4) is 0 Å². The van der Waals surface area contributed by atoms with Crippen LogP contribution in [0.15, 0.2) is 0 Å². The minimum atomic E-state index is -0.498. The average molecular weight is 229 g/mol. The number of nitrogens with two attached hydrogens (primary N) is 1. The molecule has 0 saturated carbocycles. The lowest BCUT2D eigenvalue weighted by Gasteiger charge is -2.20. The molecule has 0 aromatic heterocycles. The van der Waals surface area contributed by atoms with Crippen molar-refractivity contribution in [3.63, 3.8) is 0 Å². The summed E-state index contributed by atoms with van der Waals surface area (Å²) < 4.78 is 0. The number of primary amides is 1. The van der Waals surface area contributed by atoms with Crippen molar-refractivity contribution in [1.82, 2.24) is 10.6 Å². The molecular weight excluding hydrogens is 206 g/mol. The summed E-state index contributed by atoms with van der Waals surface area (Å²) in [5.74, 6) is -0.560. The van der Waals surface area contributed by atoms with Crippen LogP contribution in [0.25, 0.3) is 0 Å². The van der Waals surface area contributed by atoms with Gasteiger partial charge in [-0.05, 0) is 27.2 Å². The van der Waals surface area contributed by atoms with Gasteiger partial charge in [0.2, 0.25) is 11.8 Å². The molecule has 5 nitrogen and oxygen atoms in total. The molecule has 16 heavy (non-hydrogen) atoms. The van der Waals surface area contributed by atoms with Crippen LogP contribution in [0.2, 0.25) is 0 Å². The number of carbonyl (C=O) groups is 2. The van der Waals surface area contributed by atoms with Crippen molar-refractivity contribution >= 4 is 11.8 Å². The molecule has 0 aromatic rings. The average Bonchev–Trinajstić information content (AvgIpc) is 2.17. The molecule has 5 heteroatoms. The van der Waals surface area contributed by atoms with E-state index in [1.807, 2.05) is 6.92 Å². The van der Waals surface area contributed by atoms with Gasteiger partial charge in [0.15, 0.2) is 0 Å². The van der Waals surface area contributed by atoms with E-state index in [4.69, 9.17) is 5.73 Å². The van der Waals surface area contributed by atoms with E-state index in [0.717, 1.165) is 12.8 Å². The molecule has 0 bridgehead atoms. The lowest BCUT2D eigenvalue weighted by atomic mass is 10.1. The first kappa shape index (κ1) is 14.9. The molecule has 0 heterocycles. The molecule has 2 amide bonds. The van der Waals surface area contributed by atoms with Crippen molar-refractivity contribution in [2.75, 3.05) is 0 Å². The van der Waals surface area contributed by atoms with Gasteiger partial charge in [-0.25, -0.2) is 0 Å². The first-order chi connectivity index (χ1) is 7.38. The molecule has 0 rings (SSSR count). The van der Waals surface area contributed by atoms with Crippen molar-refractivity contribution in [3.8, 4) is 0 Å². The van der Waals surface area contributed by atoms with Gasteiger partial charge in [-0.3, -0.25) is 14.9 Å². The second-order valence-electron chi connectivity index (χ2n) is 4.21. The molecule has 0 aromatic carbocycles. The van der Waals surface area contributed by atoms with E-state index in [0.29, 0.717) is 0 Å². The van der Waals surface area contributed by atoms with Gasteiger partial charge in [-0.1, -0.05) is 13.3 Å². The smallest absolute Gasteiger partial charge is 0.237 e. The highest BCUT2D eigenvalue weighted by atomic mass is 16.2. The van der Waals surface area contributed by atoms with Crippen LogP contribution in [0.1, 0.15) is 40.5 Å². The molecule has 0 aliphatic carbocycles. The monoisotopic (exact) mass is 229 g/mol. The molecule has 0 aliphatic rings. The Morgan fingerprint density at radius 2 is 1.75 bits per heavy atom. The minimum absolute atomic E-state index is 0.103. The Morgan fingerprint density at radius 3 is 2.19 bits per heavy atom. The van der Waals surface area contributed by atoms with Gasteiger partial charge in [0.1, 0.15) is 0 Å². The quantitative estimate of drug-likeness (QED) is 0.580. The Balaban J connectivity index is 4.03. The molecule has 4 N–H and O–H groups in total. The lowest BCUT2D eigenvalue weighted by molar-refractivity contribution is -0.124. The summed E-state index contributed by atoms with van der Waals surface area (Å²) in [4.78, 5) is 22.5. The predicted octanol–water partition coefficient (Wildman–Crippen LogP) is 0.143. The third kappa shape index (κ3) is 5.70. The Labute approximate surface area is 97.2 Å². The highest BCUT2D eigenvalue weighted by molar-refractivity contribution is 5.84. The normalized spacial score (nSPS) is 16.2. The first-order valence-electron chi connectivity index (χ1n) is 5.74. The maximum atomic E-state index is 11.7. The van der Waals surface area contributed by atoms with Gasteiger partial charge in [-0.15, -0.1) is 0 Å². The third-order valence-electron chi connectivity index (χ3n) is 2.43. The third-order valence-corrected chi connectivity index (χ3v) is 2.43. The van der Waals surface area contributed by atoms with E-state index < -0.39 is 18.0 Å². The first-order valence-corrected chi connectivity index (χ1v) is 5.74. The van der Waals surface area contributed by atoms with Crippen molar-refractivity contribution in [2.45, 2.75) is 58.7 Å². The SMILES string of the molecule is CCCC(C)NC(=O)C(C)NC(C)C(N)=O. The van der Waals surface area contributed by atoms with Crippen molar-refractivity contribution < 1.29 is 9.59 Å². The number of amides is 2. The van der Waals surface area contributed by atoms with Crippen LogP contribution >= 0.6 is 0 Å². The second-order valence-corrected chi connectivity index (χ2v) is 4.21. The van der Waals surface area contributed by atoms with Crippen LogP contribution in [0, 0.1) is 0 Å². The predicted molar refractivity (Wildman–Crippen MR) is 63.8 cm³/mol. The van der Waals surface area contributed by atoms with Gasteiger partial charge in [-0.2, -0.15) is 0 Å². The maximum absolute atomic E-state index is 11.7. The molecule has 3 unspecified atom stereocenters. The molecule has 3 atom stereocenters. The summed E-state index contributed by atoms with van der Waals surface area (Å²) in [5, 5.41) is 5.71. The lowest BCUT2D eigenvalue weighted by Crippen LogP contribution is -2.51. The summed E-state index contributed by atoms with van der Waals surface area (Å²) in [6, 6.07) is -0.755. The Hall–Kier alpha value is -1.10. The van der Waals surface area contributed by atoms with Gasteiger partial charge in [0.05, 0.1) is 12.1 Å². The fourth-order valence-electron chi connectivity index (χ4n) is 1.41. The van der Waals surface area contributed by atoms with E-state index >= 15 is 0 Å². The highest BCUT2D eigenvalue weighted by Gasteiger charge is 2.18. The number of hydrogen-bond acceptors (Lipinski definition) is 3. The van der Waals surface area contributed by atoms with Crippen molar-refractivity contribution in [2.24, 2.45) is 5.73 Å². The number of carbonyl (C=O) groups excluding carboxylic acids is 2. The van der Waals surface area contributed by atoms with Gasteiger partial charge in [0, 0.05) is 6.04 Å². The standard InChI is InChI=1S/C11H23N3O2/c1-5-6-7(2)13-11(16)9(4)14-8(3)10(12)15/h7-9,14H,5-6H2,1-4H3,(H2,12,15)(H,13,16). The molecule has 0 aliphatic heterocycles. The second kappa shape index (κ2) is 7.22. The van der Waals surface area contributed by atoms with Crippen LogP contribution < -0.4 is 16.4 Å². The zero-order chi connectivity index (χ0) is 12.7. The van der Waals surface area contributed by atoms with Crippen LogP contribution in [-0.4, -0.2) is 29.9 Å². The number of rotatable bonds is 7. The molecule has 0 radical (unpaired) electrons. The van der Waals surface area contributed by atoms with Crippen LogP contribution in [0.5, 0.6) is 0 Å². The van der Waals surface area contributed by atoms with Crippen LogP contribution in [0.4, 0.5) is 0 Å². The zero-order valence-electron chi connectivity index (χ0n) is 10.5. The topological polar surface area (TPSA) is 84.2 Å². The Kier molecular flexibility index (Phi) is 6.72. The van der Waals surface area contributed by atoms with E-state index in [1.54, 1.807) is 13.8 Å². The van der Waals surface area contributed by atoms with E-state index in [9.17, 15) is 9.59 Å². The fraction of sp³-hybridized carbons (Fsp3) is 0.818. The Bertz CT molecular complexity index is 243. The number of nitrogens with one attached hydrogen (secondary N) is 2. The fourth-order valence-corrected chi connectivity index (χ4v) is 1.41.